The molecule has 2 N–H and O–H groups in total. The Morgan fingerprint density at radius 3 is 2.36 bits per heavy atom. The van der Waals surface area contributed by atoms with Crippen molar-refractivity contribution in [3.8, 4) is 5.75 Å². The second-order valence-electron chi connectivity index (χ2n) is 4.35. The normalized spacial score (nSPS) is 10.2. The van der Waals surface area contributed by atoms with Gasteiger partial charge in [0.05, 0.1) is 34.4 Å². The number of methoxy groups -OCH3 is 1. The molecule has 0 aromatic heterocycles. The third-order valence-corrected chi connectivity index (χ3v) is 3.75. The molecule has 0 aliphatic carbocycles. The van der Waals surface area contributed by atoms with Gasteiger partial charge in [0.15, 0.2) is 0 Å². The van der Waals surface area contributed by atoms with Crippen LogP contribution in [0.15, 0.2) is 36.4 Å². The van der Waals surface area contributed by atoms with Crippen LogP contribution in [0.2, 0.25) is 15.1 Å². The molecule has 2 aromatic carbocycles. The van der Waals surface area contributed by atoms with Crippen LogP contribution in [0.4, 0.5) is 11.4 Å². The monoisotopic (exact) mass is 358 g/mol. The van der Waals surface area contributed by atoms with Gasteiger partial charge in [-0.25, -0.2) is 0 Å². The first-order chi connectivity index (χ1) is 10.5. The Hall–Kier alpha value is -1.62. The van der Waals surface area contributed by atoms with E-state index >= 15 is 0 Å². The summed E-state index contributed by atoms with van der Waals surface area (Å²) < 4.78 is 5.05. The van der Waals surface area contributed by atoms with Crippen molar-refractivity contribution >= 4 is 52.1 Å². The lowest BCUT2D eigenvalue weighted by atomic mass is 10.3. The lowest BCUT2D eigenvalue weighted by Crippen LogP contribution is -2.22. The number of amides is 1. The van der Waals surface area contributed by atoms with Crippen LogP contribution in [0.1, 0.15) is 0 Å². The molecule has 1 amide bonds. The Morgan fingerprint density at radius 2 is 1.77 bits per heavy atom. The van der Waals surface area contributed by atoms with Gasteiger partial charge in [0.1, 0.15) is 5.75 Å². The minimum atomic E-state index is -0.253. The molecule has 0 saturated heterocycles. The van der Waals surface area contributed by atoms with Crippen molar-refractivity contribution in [2.75, 3.05) is 24.3 Å². The lowest BCUT2D eigenvalue weighted by Gasteiger charge is -2.11. The maximum absolute atomic E-state index is 11.9. The zero-order valence-electron chi connectivity index (χ0n) is 11.6. The largest absolute Gasteiger partial charge is 0.495 e. The lowest BCUT2D eigenvalue weighted by molar-refractivity contribution is -0.114. The van der Waals surface area contributed by atoms with Gasteiger partial charge in [-0.05, 0) is 30.3 Å². The Kier molecular flexibility index (Phi) is 5.77. The molecule has 0 radical (unpaired) electrons. The summed E-state index contributed by atoms with van der Waals surface area (Å²) in [6.07, 6.45) is 0. The second-order valence-corrected chi connectivity index (χ2v) is 5.57. The number of carbonyl (C=O) groups is 1. The quantitative estimate of drug-likeness (QED) is 0.813. The van der Waals surface area contributed by atoms with Gasteiger partial charge in [-0.1, -0.05) is 40.9 Å². The molecule has 116 valence electrons. The number of rotatable bonds is 5. The molecule has 0 aliphatic rings. The number of nitrogens with one attached hydrogen (secondary N) is 2. The number of para-hydroxylation sites is 1. The summed E-state index contributed by atoms with van der Waals surface area (Å²) in [6.45, 7) is 0.0209. The highest BCUT2D eigenvalue weighted by atomic mass is 35.5. The van der Waals surface area contributed by atoms with Crippen LogP contribution in [0.3, 0.4) is 0 Å². The first-order valence-corrected chi connectivity index (χ1v) is 7.46. The maximum Gasteiger partial charge on any atom is 0.243 e. The van der Waals surface area contributed by atoms with Gasteiger partial charge in [0.2, 0.25) is 5.91 Å². The SMILES string of the molecule is COc1ccc(NC(=O)CNc2c(Cl)cccc2Cl)cc1Cl. The Labute approximate surface area is 143 Å². The number of benzene rings is 2. The van der Waals surface area contributed by atoms with Gasteiger partial charge >= 0.3 is 0 Å². The molecule has 0 atom stereocenters. The molecule has 0 saturated carbocycles. The van der Waals surface area contributed by atoms with Crippen molar-refractivity contribution in [3.63, 3.8) is 0 Å². The predicted octanol–water partition coefficient (Wildman–Crippen LogP) is 4.71. The molecule has 4 nitrogen and oxygen atoms in total. The highest BCUT2D eigenvalue weighted by Crippen LogP contribution is 2.30. The Bertz CT molecular complexity index is 672. The number of hydrogen-bond acceptors (Lipinski definition) is 3. The molecule has 0 bridgehead atoms. The van der Waals surface area contributed by atoms with E-state index in [0.29, 0.717) is 32.2 Å². The van der Waals surface area contributed by atoms with Crippen LogP contribution < -0.4 is 15.4 Å². The summed E-state index contributed by atoms with van der Waals surface area (Å²) in [4.78, 5) is 11.9. The summed E-state index contributed by atoms with van der Waals surface area (Å²) in [7, 11) is 1.52. The number of halogens is 3. The summed E-state index contributed by atoms with van der Waals surface area (Å²) >= 11 is 18.0. The van der Waals surface area contributed by atoms with Crippen LogP contribution in [-0.2, 0) is 4.79 Å². The molecule has 0 heterocycles. The van der Waals surface area contributed by atoms with E-state index in [-0.39, 0.29) is 12.5 Å². The maximum atomic E-state index is 11.9. The topological polar surface area (TPSA) is 50.4 Å². The van der Waals surface area contributed by atoms with E-state index in [4.69, 9.17) is 39.5 Å². The fourth-order valence-electron chi connectivity index (χ4n) is 1.78. The van der Waals surface area contributed by atoms with Crippen molar-refractivity contribution in [2.45, 2.75) is 0 Å². The molecule has 7 heteroatoms. The Balaban J connectivity index is 1.97. The van der Waals surface area contributed by atoms with E-state index < -0.39 is 0 Å². The third kappa shape index (κ3) is 4.19. The minimum absolute atomic E-state index is 0.0209. The average molecular weight is 360 g/mol. The van der Waals surface area contributed by atoms with Crippen LogP contribution in [0.5, 0.6) is 5.75 Å². The molecular weight excluding hydrogens is 347 g/mol. The van der Waals surface area contributed by atoms with Crippen LogP contribution >= 0.6 is 34.8 Å². The van der Waals surface area contributed by atoms with E-state index in [2.05, 4.69) is 10.6 Å². The number of anilines is 2. The summed E-state index contributed by atoms with van der Waals surface area (Å²) in [5, 5.41) is 6.94. The van der Waals surface area contributed by atoms with E-state index in [9.17, 15) is 4.79 Å². The Morgan fingerprint density at radius 1 is 1.09 bits per heavy atom. The number of ether oxygens (including phenoxy) is 1. The van der Waals surface area contributed by atoms with Crippen LogP contribution in [-0.4, -0.2) is 19.6 Å². The molecule has 2 rings (SSSR count). The van der Waals surface area contributed by atoms with Gasteiger partial charge in [0.25, 0.3) is 0 Å². The predicted molar refractivity (Wildman–Crippen MR) is 91.6 cm³/mol. The molecule has 0 aliphatic heterocycles. The average Bonchev–Trinajstić information content (AvgIpc) is 2.47. The summed E-state index contributed by atoms with van der Waals surface area (Å²) in [6, 6.07) is 10.1. The van der Waals surface area contributed by atoms with Crippen molar-refractivity contribution in [3.05, 3.63) is 51.5 Å². The molecule has 2 aromatic rings. The molecule has 0 fully saturated rings. The van der Waals surface area contributed by atoms with Crippen LogP contribution in [0, 0.1) is 0 Å². The van der Waals surface area contributed by atoms with Gasteiger partial charge < -0.3 is 15.4 Å². The smallest absolute Gasteiger partial charge is 0.243 e. The van der Waals surface area contributed by atoms with E-state index in [0.717, 1.165) is 0 Å². The molecule has 0 spiro atoms. The zero-order chi connectivity index (χ0) is 16.1. The third-order valence-electron chi connectivity index (χ3n) is 2.82. The van der Waals surface area contributed by atoms with Crippen LogP contribution in [0.25, 0.3) is 0 Å². The fraction of sp³-hybridized carbons (Fsp3) is 0.133. The standard InChI is InChI=1S/C15H13Cl3N2O2/c1-22-13-6-5-9(7-12(13)18)20-14(21)8-19-15-10(16)3-2-4-11(15)17/h2-7,19H,8H2,1H3,(H,20,21). The van der Waals surface area contributed by atoms with E-state index in [1.165, 1.54) is 7.11 Å². The minimum Gasteiger partial charge on any atom is -0.495 e. The number of hydrogen-bond donors (Lipinski definition) is 2. The van der Waals surface area contributed by atoms with Gasteiger partial charge in [-0.15, -0.1) is 0 Å². The molecular formula is C15H13Cl3N2O2. The van der Waals surface area contributed by atoms with Crippen molar-refractivity contribution < 1.29 is 9.53 Å². The fourth-order valence-corrected chi connectivity index (χ4v) is 2.57. The zero-order valence-corrected chi connectivity index (χ0v) is 13.9. The first-order valence-electron chi connectivity index (χ1n) is 6.32. The van der Waals surface area contributed by atoms with Crippen molar-refractivity contribution in [2.24, 2.45) is 0 Å². The first kappa shape index (κ1) is 16.7. The second kappa shape index (κ2) is 7.58. The van der Waals surface area contributed by atoms with E-state index in [1.54, 1.807) is 36.4 Å². The number of carbonyl (C=O) groups excluding carboxylic acids is 1. The van der Waals surface area contributed by atoms with Gasteiger partial charge in [-0.2, -0.15) is 0 Å². The highest BCUT2D eigenvalue weighted by Gasteiger charge is 2.09. The molecule has 0 unspecified atom stereocenters. The van der Waals surface area contributed by atoms with Crippen molar-refractivity contribution in [1.29, 1.82) is 0 Å². The highest BCUT2D eigenvalue weighted by molar-refractivity contribution is 6.39. The van der Waals surface area contributed by atoms with Crippen molar-refractivity contribution in [1.82, 2.24) is 0 Å². The summed E-state index contributed by atoms with van der Waals surface area (Å²) in [5.74, 6) is 0.290. The van der Waals surface area contributed by atoms with Gasteiger partial charge in [0, 0.05) is 5.69 Å². The molecule has 22 heavy (non-hydrogen) atoms. The van der Waals surface area contributed by atoms with E-state index in [1.807, 2.05) is 0 Å². The van der Waals surface area contributed by atoms with Gasteiger partial charge in [-0.3, -0.25) is 4.79 Å². The summed E-state index contributed by atoms with van der Waals surface area (Å²) in [5.41, 5.74) is 1.09.